The van der Waals surface area contributed by atoms with Crippen molar-refractivity contribution < 1.29 is 13.9 Å². The number of benzene rings is 2. The summed E-state index contributed by atoms with van der Waals surface area (Å²) in [5.41, 5.74) is 0.710. The van der Waals surface area contributed by atoms with Crippen LogP contribution in [0, 0.1) is 5.82 Å². The summed E-state index contributed by atoms with van der Waals surface area (Å²) >= 11 is 0. The number of anilines is 1. The fourth-order valence-electron chi connectivity index (χ4n) is 1.54. The van der Waals surface area contributed by atoms with Crippen molar-refractivity contribution in [1.29, 1.82) is 0 Å². The summed E-state index contributed by atoms with van der Waals surface area (Å²) in [6.07, 6.45) is -0.661. The van der Waals surface area contributed by atoms with E-state index in [1.54, 1.807) is 19.1 Å². The van der Waals surface area contributed by atoms with Gasteiger partial charge in [-0.15, -0.1) is 0 Å². The van der Waals surface area contributed by atoms with Crippen LogP contribution < -0.4 is 10.1 Å². The highest BCUT2D eigenvalue weighted by Gasteiger charge is 2.14. The summed E-state index contributed by atoms with van der Waals surface area (Å²) < 4.78 is 18.2. The number of para-hydroxylation sites is 1. The number of rotatable bonds is 4. The summed E-state index contributed by atoms with van der Waals surface area (Å²) in [4.78, 5) is 11.9. The first-order valence-electron chi connectivity index (χ1n) is 5.93. The molecule has 1 N–H and O–H groups in total. The molecule has 19 heavy (non-hydrogen) atoms. The first-order chi connectivity index (χ1) is 9.15. The molecule has 0 saturated carbocycles. The molecule has 2 aromatic rings. The zero-order valence-electron chi connectivity index (χ0n) is 10.5. The second kappa shape index (κ2) is 6.00. The van der Waals surface area contributed by atoms with Gasteiger partial charge in [-0.3, -0.25) is 4.79 Å². The molecule has 4 heteroatoms. The van der Waals surface area contributed by atoms with Gasteiger partial charge in [0.15, 0.2) is 6.10 Å². The Balaban J connectivity index is 1.94. The number of halogens is 1. The molecule has 2 aromatic carbocycles. The monoisotopic (exact) mass is 259 g/mol. The zero-order chi connectivity index (χ0) is 13.7. The summed E-state index contributed by atoms with van der Waals surface area (Å²) in [7, 11) is 0. The third-order valence-electron chi connectivity index (χ3n) is 2.54. The Morgan fingerprint density at radius 2 is 1.74 bits per heavy atom. The lowest BCUT2D eigenvalue weighted by molar-refractivity contribution is -0.122. The molecule has 0 radical (unpaired) electrons. The van der Waals surface area contributed by atoms with Crippen LogP contribution in [0.25, 0.3) is 0 Å². The molecule has 0 aliphatic heterocycles. The van der Waals surface area contributed by atoms with Crippen LogP contribution in [0.4, 0.5) is 10.1 Å². The molecule has 1 amide bonds. The van der Waals surface area contributed by atoms with Crippen molar-refractivity contribution in [3.05, 3.63) is 60.4 Å². The van der Waals surface area contributed by atoms with Crippen LogP contribution in [0.3, 0.4) is 0 Å². The molecule has 1 atom stereocenters. The van der Waals surface area contributed by atoms with Crippen LogP contribution in [-0.4, -0.2) is 12.0 Å². The van der Waals surface area contributed by atoms with Crippen molar-refractivity contribution in [3.8, 4) is 5.75 Å². The van der Waals surface area contributed by atoms with Gasteiger partial charge in [0.05, 0.1) is 0 Å². The number of nitrogens with one attached hydrogen (secondary N) is 1. The van der Waals surface area contributed by atoms with Crippen LogP contribution in [0.15, 0.2) is 54.6 Å². The number of carbonyl (C=O) groups is 1. The normalized spacial score (nSPS) is 11.7. The smallest absolute Gasteiger partial charge is 0.265 e. The minimum Gasteiger partial charge on any atom is -0.481 e. The Morgan fingerprint density at radius 3 is 2.37 bits per heavy atom. The lowest BCUT2D eigenvalue weighted by Crippen LogP contribution is -2.30. The average molecular weight is 259 g/mol. The second-order valence-corrected chi connectivity index (χ2v) is 4.07. The number of carbonyl (C=O) groups excluding carboxylic acids is 1. The topological polar surface area (TPSA) is 38.3 Å². The van der Waals surface area contributed by atoms with E-state index in [4.69, 9.17) is 4.74 Å². The maximum Gasteiger partial charge on any atom is 0.265 e. The first kappa shape index (κ1) is 13.1. The highest BCUT2D eigenvalue weighted by molar-refractivity contribution is 5.94. The largest absolute Gasteiger partial charge is 0.481 e. The predicted octanol–water partition coefficient (Wildman–Crippen LogP) is 3.23. The fraction of sp³-hybridized carbons (Fsp3) is 0.133. The fourth-order valence-corrected chi connectivity index (χ4v) is 1.54. The van der Waals surface area contributed by atoms with E-state index in [1.165, 1.54) is 24.3 Å². The minimum absolute atomic E-state index is 0.254. The van der Waals surface area contributed by atoms with Crippen molar-refractivity contribution in [2.45, 2.75) is 13.0 Å². The van der Waals surface area contributed by atoms with Crippen molar-refractivity contribution >= 4 is 11.6 Å². The molecule has 0 aliphatic rings. The van der Waals surface area contributed by atoms with Crippen molar-refractivity contribution in [2.75, 3.05) is 5.32 Å². The molecule has 0 heterocycles. The summed E-state index contributed by atoms with van der Waals surface area (Å²) in [5, 5.41) is 2.74. The number of hydrogen-bond donors (Lipinski definition) is 1. The Hall–Kier alpha value is -2.36. The first-order valence-corrected chi connectivity index (χ1v) is 5.93. The number of amides is 1. The Morgan fingerprint density at radius 1 is 1.11 bits per heavy atom. The van der Waals surface area contributed by atoms with Gasteiger partial charge in [0.25, 0.3) is 5.91 Å². The van der Waals surface area contributed by atoms with E-state index in [1.807, 2.05) is 18.2 Å². The molecule has 0 aliphatic carbocycles. The molecular weight excluding hydrogens is 245 g/mol. The van der Waals surface area contributed by atoms with Crippen LogP contribution in [-0.2, 0) is 4.79 Å². The molecule has 0 aromatic heterocycles. The molecule has 0 saturated heterocycles. The molecule has 0 fully saturated rings. The third kappa shape index (κ3) is 3.81. The van der Waals surface area contributed by atoms with E-state index >= 15 is 0 Å². The van der Waals surface area contributed by atoms with Gasteiger partial charge in [-0.2, -0.15) is 0 Å². The highest BCUT2D eigenvalue weighted by Crippen LogP contribution is 2.14. The number of hydrogen-bond acceptors (Lipinski definition) is 2. The van der Waals surface area contributed by atoms with Gasteiger partial charge in [0, 0.05) is 5.69 Å². The zero-order valence-corrected chi connectivity index (χ0v) is 10.5. The average Bonchev–Trinajstić information content (AvgIpc) is 2.42. The highest BCUT2D eigenvalue weighted by atomic mass is 19.1. The molecule has 0 unspecified atom stereocenters. The Bertz CT molecular complexity index is 540. The van der Waals surface area contributed by atoms with Crippen LogP contribution in [0.2, 0.25) is 0 Å². The van der Waals surface area contributed by atoms with Gasteiger partial charge in [0.1, 0.15) is 11.6 Å². The molecule has 98 valence electrons. The second-order valence-electron chi connectivity index (χ2n) is 4.07. The maximum atomic E-state index is 12.7. The van der Waals surface area contributed by atoms with Crippen LogP contribution in [0.5, 0.6) is 5.75 Å². The minimum atomic E-state index is -0.661. The van der Waals surface area contributed by atoms with E-state index in [-0.39, 0.29) is 11.7 Å². The van der Waals surface area contributed by atoms with Crippen molar-refractivity contribution in [2.24, 2.45) is 0 Å². The molecule has 0 spiro atoms. The van der Waals surface area contributed by atoms with Gasteiger partial charge < -0.3 is 10.1 Å². The van der Waals surface area contributed by atoms with Gasteiger partial charge in [-0.1, -0.05) is 18.2 Å². The molecule has 2 rings (SSSR count). The summed E-state index contributed by atoms with van der Waals surface area (Å²) in [6, 6.07) is 14.7. The SMILES string of the molecule is C[C@@H](Oc1ccc(F)cc1)C(=O)Nc1ccccc1. The Labute approximate surface area is 111 Å². The van der Waals surface area contributed by atoms with E-state index in [0.717, 1.165) is 0 Å². The van der Waals surface area contributed by atoms with E-state index in [2.05, 4.69) is 5.32 Å². The van der Waals surface area contributed by atoms with Gasteiger partial charge >= 0.3 is 0 Å². The van der Waals surface area contributed by atoms with Crippen molar-refractivity contribution in [1.82, 2.24) is 0 Å². The Kier molecular flexibility index (Phi) is 4.13. The quantitative estimate of drug-likeness (QED) is 0.915. The molecule has 0 bridgehead atoms. The summed E-state index contributed by atoms with van der Waals surface area (Å²) in [6.45, 7) is 1.64. The van der Waals surface area contributed by atoms with Gasteiger partial charge in [-0.05, 0) is 43.3 Å². The lowest BCUT2D eigenvalue weighted by Gasteiger charge is -2.14. The molecular formula is C15H14FNO2. The van der Waals surface area contributed by atoms with E-state index in [0.29, 0.717) is 11.4 Å². The maximum absolute atomic E-state index is 12.7. The number of ether oxygens (including phenoxy) is 1. The molecule has 3 nitrogen and oxygen atoms in total. The third-order valence-corrected chi connectivity index (χ3v) is 2.54. The van der Waals surface area contributed by atoms with E-state index in [9.17, 15) is 9.18 Å². The van der Waals surface area contributed by atoms with Gasteiger partial charge in [-0.25, -0.2) is 4.39 Å². The lowest BCUT2D eigenvalue weighted by atomic mass is 10.3. The van der Waals surface area contributed by atoms with Crippen molar-refractivity contribution in [3.63, 3.8) is 0 Å². The predicted molar refractivity (Wildman–Crippen MR) is 71.6 cm³/mol. The van der Waals surface area contributed by atoms with Crippen LogP contribution >= 0.6 is 0 Å². The summed E-state index contributed by atoms with van der Waals surface area (Å²) in [5.74, 6) is -0.138. The van der Waals surface area contributed by atoms with Crippen LogP contribution in [0.1, 0.15) is 6.92 Å². The van der Waals surface area contributed by atoms with Gasteiger partial charge in [0.2, 0.25) is 0 Å². The van der Waals surface area contributed by atoms with E-state index < -0.39 is 6.10 Å². The standard InChI is InChI=1S/C15H14FNO2/c1-11(19-14-9-7-12(16)8-10-14)15(18)17-13-5-3-2-4-6-13/h2-11H,1H3,(H,17,18)/t11-/m1/s1.